The Kier molecular flexibility index (Phi) is 3.84. The van der Waals surface area contributed by atoms with Gasteiger partial charge < -0.3 is 20.1 Å². The van der Waals surface area contributed by atoms with E-state index in [9.17, 15) is 5.11 Å². The predicted octanol–water partition coefficient (Wildman–Crippen LogP) is 2.33. The van der Waals surface area contributed by atoms with Crippen molar-refractivity contribution in [2.75, 3.05) is 31.6 Å². The molecular weight excluding hydrogens is 264 g/mol. The molecule has 0 radical (unpaired) electrons. The maximum Gasteiger partial charge on any atom is 0.143 e. The third-order valence-corrected chi connectivity index (χ3v) is 4.52. The van der Waals surface area contributed by atoms with E-state index in [0.717, 1.165) is 49.5 Å². The standard InChI is InChI=1S/C17H26N2O2/c1-17(2)11-19(3)14-9-12(6-7-15(14)21-17)16(20)13-5-4-8-18-10-13/h6-7,9,13,16,18,20H,4-5,8,10-11H2,1-3H3. The zero-order valence-corrected chi connectivity index (χ0v) is 13.2. The number of anilines is 1. The Morgan fingerprint density at radius 3 is 2.95 bits per heavy atom. The topological polar surface area (TPSA) is 44.7 Å². The van der Waals surface area contributed by atoms with Crippen molar-refractivity contribution in [2.24, 2.45) is 5.92 Å². The SMILES string of the molecule is CN1CC(C)(C)Oc2ccc(C(O)C3CCCNC3)cc21. The van der Waals surface area contributed by atoms with Gasteiger partial charge in [0, 0.05) is 19.5 Å². The van der Waals surface area contributed by atoms with Crippen LogP contribution in [0.4, 0.5) is 5.69 Å². The summed E-state index contributed by atoms with van der Waals surface area (Å²) in [7, 11) is 2.08. The van der Waals surface area contributed by atoms with Crippen molar-refractivity contribution in [2.45, 2.75) is 38.4 Å². The minimum atomic E-state index is -0.397. The zero-order chi connectivity index (χ0) is 15.0. The fraction of sp³-hybridized carbons (Fsp3) is 0.647. The Labute approximate surface area is 127 Å². The van der Waals surface area contributed by atoms with Crippen LogP contribution in [0.3, 0.4) is 0 Å². The first-order valence-electron chi connectivity index (χ1n) is 7.89. The average molecular weight is 290 g/mol. The lowest BCUT2D eigenvalue weighted by Gasteiger charge is -2.39. The second kappa shape index (κ2) is 5.50. The lowest BCUT2D eigenvalue weighted by Crippen LogP contribution is -2.45. The number of hydrogen-bond acceptors (Lipinski definition) is 4. The first-order chi connectivity index (χ1) is 9.96. The van der Waals surface area contributed by atoms with Gasteiger partial charge >= 0.3 is 0 Å². The lowest BCUT2D eigenvalue weighted by molar-refractivity contribution is 0.0910. The highest BCUT2D eigenvalue weighted by Gasteiger charge is 2.31. The Morgan fingerprint density at radius 2 is 2.24 bits per heavy atom. The van der Waals surface area contributed by atoms with Crippen LogP contribution in [0.25, 0.3) is 0 Å². The molecule has 2 atom stereocenters. The van der Waals surface area contributed by atoms with E-state index >= 15 is 0 Å². The van der Waals surface area contributed by atoms with Gasteiger partial charge in [-0.25, -0.2) is 0 Å². The van der Waals surface area contributed by atoms with E-state index in [1.54, 1.807) is 0 Å². The summed E-state index contributed by atoms with van der Waals surface area (Å²) in [6.45, 7) is 7.02. The van der Waals surface area contributed by atoms with Crippen LogP contribution in [-0.4, -0.2) is 37.4 Å². The second-order valence-electron chi connectivity index (χ2n) is 7.00. The quantitative estimate of drug-likeness (QED) is 0.877. The van der Waals surface area contributed by atoms with Gasteiger partial charge in [0.25, 0.3) is 0 Å². The molecule has 2 heterocycles. The summed E-state index contributed by atoms with van der Waals surface area (Å²) in [6, 6.07) is 6.10. The summed E-state index contributed by atoms with van der Waals surface area (Å²) in [5.41, 5.74) is 1.90. The molecule has 2 aliphatic rings. The molecule has 1 fully saturated rings. The summed E-state index contributed by atoms with van der Waals surface area (Å²) in [5, 5.41) is 14.0. The summed E-state index contributed by atoms with van der Waals surface area (Å²) < 4.78 is 6.03. The van der Waals surface area contributed by atoms with Crippen LogP contribution in [0.2, 0.25) is 0 Å². The Hall–Kier alpha value is -1.26. The number of likely N-dealkylation sites (N-methyl/N-ethyl adjacent to an activating group) is 1. The highest BCUT2D eigenvalue weighted by atomic mass is 16.5. The van der Waals surface area contributed by atoms with Gasteiger partial charge in [-0.3, -0.25) is 0 Å². The van der Waals surface area contributed by atoms with Gasteiger partial charge in [-0.15, -0.1) is 0 Å². The molecule has 0 aromatic heterocycles. The molecule has 1 aromatic rings. The van der Waals surface area contributed by atoms with Crippen LogP contribution >= 0.6 is 0 Å². The monoisotopic (exact) mass is 290 g/mol. The van der Waals surface area contributed by atoms with Crippen LogP contribution in [0.1, 0.15) is 38.4 Å². The number of hydrogen-bond donors (Lipinski definition) is 2. The molecule has 2 unspecified atom stereocenters. The Balaban J connectivity index is 1.84. The lowest BCUT2D eigenvalue weighted by atomic mass is 9.89. The van der Waals surface area contributed by atoms with Crippen LogP contribution in [0.15, 0.2) is 18.2 Å². The summed E-state index contributed by atoms with van der Waals surface area (Å²) in [5.74, 6) is 1.22. The van der Waals surface area contributed by atoms with Crippen LogP contribution in [0, 0.1) is 5.92 Å². The van der Waals surface area contributed by atoms with Gasteiger partial charge in [-0.1, -0.05) is 6.07 Å². The number of fused-ring (bicyclic) bond motifs is 1. The summed E-state index contributed by atoms with van der Waals surface area (Å²) >= 11 is 0. The molecule has 4 heteroatoms. The van der Waals surface area contributed by atoms with Gasteiger partial charge in [-0.05, 0) is 50.9 Å². The van der Waals surface area contributed by atoms with Gasteiger partial charge in [0.1, 0.15) is 11.4 Å². The molecule has 0 bridgehead atoms. The van der Waals surface area contributed by atoms with Gasteiger partial charge in [0.2, 0.25) is 0 Å². The first-order valence-corrected chi connectivity index (χ1v) is 7.89. The molecule has 3 rings (SSSR count). The molecule has 0 saturated carbocycles. The number of aliphatic hydroxyl groups is 1. The van der Waals surface area contributed by atoms with Crippen LogP contribution in [-0.2, 0) is 0 Å². The Bertz CT molecular complexity index is 510. The van der Waals surface area contributed by atoms with Crippen molar-refractivity contribution in [1.29, 1.82) is 0 Å². The van der Waals surface area contributed by atoms with Crippen molar-refractivity contribution >= 4 is 5.69 Å². The van der Waals surface area contributed by atoms with E-state index < -0.39 is 6.10 Å². The maximum atomic E-state index is 10.6. The van der Waals surface area contributed by atoms with Crippen molar-refractivity contribution in [3.63, 3.8) is 0 Å². The number of nitrogens with zero attached hydrogens (tertiary/aromatic N) is 1. The molecule has 2 aliphatic heterocycles. The van der Waals surface area contributed by atoms with E-state index in [-0.39, 0.29) is 5.60 Å². The number of nitrogens with one attached hydrogen (secondary N) is 1. The van der Waals surface area contributed by atoms with Crippen molar-refractivity contribution in [3.05, 3.63) is 23.8 Å². The smallest absolute Gasteiger partial charge is 0.143 e. The van der Waals surface area contributed by atoms with E-state index in [1.807, 2.05) is 12.1 Å². The molecule has 4 nitrogen and oxygen atoms in total. The maximum absolute atomic E-state index is 10.6. The fourth-order valence-corrected chi connectivity index (χ4v) is 3.51. The molecule has 2 N–H and O–H groups in total. The Morgan fingerprint density at radius 1 is 1.43 bits per heavy atom. The summed E-state index contributed by atoms with van der Waals surface area (Å²) in [4.78, 5) is 2.22. The van der Waals surface area contributed by atoms with Crippen molar-refractivity contribution < 1.29 is 9.84 Å². The number of aliphatic hydroxyl groups excluding tert-OH is 1. The molecular formula is C17H26N2O2. The molecule has 1 aromatic carbocycles. The van der Waals surface area contributed by atoms with Crippen LogP contribution in [0.5, 0.6) is 5.75 Å². The number of benzene rings is 1. The highest BCUT2D eigenvalue weighted by molar-refractivity contribution is 5.62. The largest absolute Gasteiger partial charge is 0.484 e. The van der Waals surface area contributed by atoms with E-state index in [1.165, 1.54) is 0 Å². The van der Waals surface area contributed by atoms with Crippen molar-refractivity contribution in [1.82, 2.24) is 5.32 Å². The van der Waals surface area contributed by atoms with Crippen LogP contribution < -0.4 is 15.0 Å². The van der Waals surface area contributed by atoms with Gasteiger partial charge in [0.05, 0.1) is 18.3 Å². The predicted molar refractivity (Wildman–Crippen MR) is 85.0 cm³/mol. The van der Waals surface area contributed by atoms with E-state index in [0.29, 0.717) is 5.92 Å². The second-order valence-corrected chi connectivity index (χ2v) is 7.00. The zero-order valence-electron chi connectivity index (χ0n) is 13.2. The normalized spacial score (nSPS) is 25.9. The third-order valence-electron chi connectivity index (χ3n) is 4.52. The van der Waals surface area contributed by atoms with E-state index in [4.69, 9.17) is 4.74 Å². The third kappa shape index (κ3) is 3.01. The molecule has 21 heavy (non-hydrogen) atoms. The minimum absolute atomic E-state index is 0.171. The molecule has 0 amide bonds. The number of piperidine rings is 1. The van der Waals surface area contributed by atoms with Gasteiger partial charge in [-0.2, -0.15) is 0 Å². The first kappa shape index (κ1) is 14.7. The molecule has 0 aliphatic carbocycles. The average Bonchev–Trinajstić information content (AvgIpc) is 2.46. The fourth-order valence-electron chi connectivity index (χ4n) is 3.51. The number of ether oxygens (including phenoxy) is 1. The van der Waals surface area contributed by atoms with Crippen molar-refractivity contribution in [3.8, 4) is 5.75 Å². The molecule has 1 saturated heterocycles. The summed E-state index contributed by atoms with van der Waals surface area (Å²) in [6.07, 6.45) is 1.83. The molecule has 116 valence electrons. The molecule has 0 spiro atoms. The van der Waals surface area contributed by atoms with E-state index in [2.05, 4.69) is 37.2 Å². The highest BCUT2D eigenvalue weighted by Crippen LogP contribution is 2.39. The number of rotatable bonds is 2. The minimum Gasteiger partial charge on any atom is -0.484 e. The van der Waals surface area contributed by atoms with Gasteiger partial charge in [0.15, 0.2) is 0 Å².